The Morgan fingerprint density at radius 2 is 2.03 bits per heavy atom. The van der Waals surface area contributed by atoms with Crippen LogP contribution in [0.3, 0.4) is 0 Å². The summed E-state index contributed by atoms with van der Waals surface area (Å²) in [7, 11) is 0. The number of Topliss-reactive ketones (excluding diaryl/α,β-unsaturated/α-hetero) is 1. The standard InChI is InChI=1S/C23H18ClN3O4S/c1-11-8-15-9-14(6-7-17(15)31-11)20(28)18-19(13-4-3-5-16(24)10-13)27(22(30)21(18)29)23-26-25-12(2)32-23/h3-7,9-11,19,28H,8H2,1-2H3/t11-,19-/m0/s1. The van der Waals surface area contributed by atoms with E-state index in [2.05, 4.69) is 10.2 Å². The predicted octanol–water partition coefficient (Wildman–Crippen LogP) is 4.45. The molecule has 3 aromatic rings. The number of aliphatic hydroxyl groups excluding tert-OH is 1. The van der Waals surface area contributed by atoms with Gasteiger partial charge in [-0.15, -0.1) is 10.2 Å². The van der Waals surface area contributed by atoms with E-state index in [0.717, 1.165) is 11.3 Å². The van der Waals surface area contributed by atoms with Crippen LogP contribution < -0.4 is 9.64 Å². The summed E-state index contributed by atoms with van der Waals surface area (Å²) in [6.45, 7) is 3.73. The number of hydrogen-bond donors (Lipinski definition) is 1. The molecule has 2 aliphatic rings. The summed E-state index contributed by atoms with van der Waals surface area (Å²) in [5, 5.41) is 20.7. The Morgan fingerprint density at radius 3 is 2.75 bits per heavy atom. The molecule has 3 heterocycles. The van der Waals surface area contributed by atoms with Gasteiger partial charge in [0.2, 0.25) is 5.13 Å². The maximum Gasteiger partial charge on any atom is 0.301 e. The second-order valence-corrected chi connectivity index (χ2v) is 9.38. The van der Waals surface area contributed by atoms with Gasteiger partial charge < -0.3 is 9.84 Å². The first-order chi connectivity index (χ1) is 15.3. The first-order valence-electron chi connectivity index (χ1n) is 10.00. The average Bonchev–Trinajstić information content (AvgIpc) is 3.42. The number of hydrogen-bond acceptors (Lipinski definition) is 7. The minimum atomic E-state index is -0.885. The topological polar surface area (TPSA) is 92.6 Å². The van der Waals surface area contributed by atoms with Crippen molar-refractivity contribution in [2.45, 2.75) is 32.4 Å². The van der Waals surface area contributed by atoms with E-state index in [1.165, 1.54) is 16.2 Å². The summed E-state index contributed by atoms with van der Waals surface area (Å²) in [4.78, 5) is 27.5. The van der Waals surface area contributed by atoms with Gasteiger partial charge in [-0.3, -0.25) is 14.5 Å². The van der Waals surface area contributed by atoms with Gasteiger partial charge in [-0.1, -0.05) is 35.1 Å². The van der Waals surface area contributed by atoms with Crippen molar-refractivity contribution in [3.63, 3.8) is 0 Å². The molecular weight excluding hydrogens is 450 g/mol. The van der Waals surface area contributed by atoms with Crippen LogP contribution in [0, 0.1) is 6.92 Å². The highest BCUT2D eigenvalue weighted by Crippen LogP contribution is 2.44. The highest BCUT2D eigenvalue weighted by Gasteiger charge is 2.48. The van der Waals surface area contributed by atoms with Gasteiger partial charge in [0.25, 0.3) is 5.78 Å². The van der Waals surface area contributed by atoms with Crippen LogP contribution in [0.15, 0.2) is 48.0 Å². The SMILES string of the molecule is Cc1nnc(N2C(=O)C(=O)C(=C(O)c3ccc4c(c3)C[C@H](C)O4)[C@@H]2c2cccc(Cl)c2)s1. The lowest BCUT2D eigenvalue weighted by molar-refractivity contribution is -0.132. The number of ether oxygens (including phenoxy) is 1. The Bertz CT molecular complexity index is 1300. The molecule has 2 atom stereocenters. The number of carbonyl (C=O) groups is 2. The van der Waals surface area contributed by atoms with Gasteiger partial charge in [-0.2, -0.15) is 0 Å². The van der Waals surface area contributed by atoms with Crippen molar-refractivity contribution in [2.75, 3.05) is 4.90 Å². The average molecular weight is 468 g/mol. The van der Waals surface area contributed by atoms with Crippen molar-refractivity contribution < 1.29 is 19.4 Å². The quantitative estimate of drug-likeness (QED) is 0.347. The highest BCUT2D eigenvalue weighted by molar-refractivity contribution is 7.15. The van der Waals surface area contributed by atoms with Crippen molar-refractivity contribution >= 4 is 45.5 Å². The van der Waals surface area contributed by atoms with Crippen LogP contribution in [0.5, 0.6) is 5.75 Å². The van der Waals surface area contributed by atoms with Crippen LogP contribution >= 0.6 is 22.9 Å². The lowest BCUT2D eigenvalue weighted by Crippen LogP contribution is -2.29. The summed E-state index contributed by atoms with van der Waals surface area (Å²) in [6.07, 6.45) is 0.743. The molecule has 2 aliphatic heterocycles. The minimum Gasteiger partial charge on any atom is -0.507 e. The number of aliphatic hydroxyl groups is 1. The zero-order chi connectivity index (χ0) is 22.6. The maximum absolute atomic E-state index is 13.2. The van der Waals surface area contributed by atoms with Crippen LogP contribution in [0.1, 0.15) is 34.7 Å². The lowest BCUT2D eigenvalue weighted by atomic mass is 9.94. The molecule has 0 saturated carbocycles. The van der Waals surface area contributed by atoms with E-state index < -0.39 is 17.7 Å². The van der Waals surface area contributed by atoms with Gasteiger partial charge in [0.1, 0.15) is 22.6 Å². The zero-order valence-electron chi connectivity index (χ0n) is 17.2. The van der Waals surface area contributed by atoms with Crippen molar-refractivity contribution in [1.82, 2.24) is 10.2 Å². The number of aromatic nitrogens is 2. The second kappa shape index (κ2) is 7.72. The van der Waals surface area contributed by atoms with Crippen molar-refractivity contribution in [3.05, 3.63) is 74.8 Å². The number of rotatable bonds is 3. The molecule has 0 radical (unpaired) electrons. The van der Waals surface area contributed by atoms with E-state index in [1.54, 1.807) is 49.4 Å². The molecule has 0 bridgehead atoms. The van der Waals surface area contributed by atoms with Gasteiger partial charge in [-0.25, -0.2) is 0 Å². The number of benzene rings is 2. The monoisotopic (exact) mass is 467 g/mol. The van der Waals surface area contributed by atoms with Crippen molar-refractivity contribution in [3.8, 4) is 5.75 Å². The summed E-state index contributed by atoms with van der Waals surface area (Å²) in [5.41, 5.74) is 1.95. The van der Waals surface area contributed by atoms with Gasteiger partial charge in [-0.05, 0) is 55.3 Å². The van der Waals surface area contributed by atoms with Crippen LogP contribution in [0.2, 0.25) is 5.02 Å². The lowest BCUT2D eigenvalue weighted by Gasteiger charge is -2.22. The zero-order valence-corrected chi connectivity index (χ0v) is 18.8. The first-order valence-corrected chi connectivity index (χ1v) is 11.2. The highest BCUT2D eigenvalue weighted by atomic mass is 35.5. The molecule has 1 saturated heterocycles. The molecule has 1 aromatic heterocycles. The molecule has 0 spiro atoms. The molecule has 7 nitrogen and oxygen atoms in total. The number of amides is 1. The maximum atomic E-state index is 13.2. The minimum absolute atomic E-state index is 0.0166. The number of halogens is 1. The molecule has 5 rings (SSSR count). The molecule has 2 aromatic carbocycles. The van der Waals surface area contributed by atoms with Gasteiger partial charge in [0, 0.05) is 17.0 Å². The van der Waals surface area contributed by atoms with E-state index in [-0.39, 0.29) is 22.6 Å². The Kier molecular flexibility index (Phi) is 4.98. The molecule has 0 aliphatic carbocycles. The molecule has 162 valence electrons. The summed E-state index contributed by atoms with van der Waals surface area (Å²) >= 11 is 7.41. The van der Waals surface area contributed by atoms with E-state index in [1.807, 2.05) is 6.92 Å². The number of aryl methyl sites for hydroxylation is 1. The van der Waals surface area contributed by atoms with Crippen LogP contribution in [-0.4, -0.2) is 33.1 Å². The van der Waals surface area contributed by atoms with Gasteiger partial charge in [0.05, 0.1) is 11.6 Å². The van der Waals surface area contributed by atoms with Crippen molar-refractivity contribution in [1.29, 1.82) is 0 Å². The Morgan fingerprint density at radius 1 is 1.22 bits per heavy atom. The third-order valence-corrected chi connectivity index (χ3v) is 6.57. The Labute approximate surface area is 192 Å². The molecule has 9 heteroatoms. The molecule has 1 amide bonds. The summed E-state index contributed by atoms with van der Waals surface area (Å²) in [5.74, 6) is -1.05. The molecule has 1 N–H and O–H groups in total. The van der Waals surface area contributed by atoms with Gasteiger partial charge in [0.15, 0.2) is 0 Å². The summed E-state index contributed by atoms with van der Waals surface area (Å²) in [6, 6.07) is 11.2. The molecular formula is C23H18ClN3O4S. The van der Waals surface area contributed by atoms with E-state index in [4.69, 9.17) is 16.3 Å². The fourth-order valence-corrected chi connectivity index (χ4v) is 5.04. The Balaban J connectivity index is 1.69. The predicted molar refractivity (Wildman–Crippen MR) is 121 cm³/mol. The van der Waals surface area contributed by atoms with E-state index in [0.29, 0.717) is 27.6 Å². The van der Waals surface area contributed by atoms with Crippen LogP contribution in [-0.2, 0) is 16.0 Å². The van der Waals surface area contributed by atoms with E-state index in [9.17, 15) is 14.7 Å². The second-order valence-electron chi connectivity index (χ2n) is 7.78. The smallest absolute Gasteiger partial charge is 0.301 e. The number of nitrogens with zero attached hydrogens (tertiary/aromatic N) is 3. The largest absolute Gasteiger partial charge is 0.507 e. The molecule has 0 unspecified atom stereocenters. The van der Waals surface area contributed by atoms with Crippen LogP contribution in [0.25, 0.3) is 5.76 Å². The summed E-state index contributed by atoms with van der Waals surface area (Å²) < 4.78 is 5.73. The van der Waals surface area contributed by atoms with Crippen molar-refractivity contribution in [2.24, 2.45) is 0 Å². The fraction of sp³-hybridized carbons (Fsp3) is 0.217. The number of ketones is 1. The van der Waals surface area contributed by atoms with Crippen LogP contribution in [0.4, 0.5) is 5.13 Å². The Hall–Kier alpha value is -3.23. The first kappa shape index (κ1) is 20.7. The van der Waals surface area contributed by atoms with Gasteiger partial charge >= 0.3 is 5.91 Å². The van der Waals surface area contributed by atoms with E-state index >= 15 is 0 Å². The third kappa shape index (κ3) is 3.36. The number of anilines is 1. The molecule has 32 heavy (non-hydrogen) atoms. The molecule has 1 fully saturated rings. The third-order valence-electron chi connectivity index (χ3n) is 5.50. The number of carbonyl (C=O) groups excluding carboxylic acids is 2. The normalized spacial score (nSPS) is 21.7. The number of fused-ring (bicyclic) bond motifs is 1. The fourth-order valence-electron chi connectivity index (χ4n) is 4.13.